The van der Waals surface area contributed by atoms with Crippen molar-refractivity contribution in [3.8, 4) is 6.07 Å². The highest BCUT2D eigenvalue weighted by molar-refractivity contribution is 7.09. The Morgan fingerprint density at radius 3 is 2.63 bits per heavy atom. The molecule has 1 unspecified atom stereocenters. The molecule has 1 N–H and O–H groups in total. The molecular formula is C14H16N4S. The van der Waals surface area contributed by atoms with Gasteiger partial charge in [-0.3, -0.25) is 0 Å². The van der Waals surface area contributed by atoms with Gasteiger partial charge in [-0.1, -0.05) is 13.8 Å². The summed E-state index contributed by atoms with van der Waals surface area (Å²) in [5.41, 5.74) is 2.36. The van der Waals surface area contributed by atoms with Crippen molar-refractivity contribution in [3.63, 3.8) is 0 Å². The second-order valence-electron chi connectivity index (χ2n) is 4.68. The zero-order valence-electron chi connectivity index (χ0n) is 11.2. The summed E-state index contributed by atoms with van der Waals surface area (Å²) in [7, 11) is 0. The van der Waals surface area contributed by atoms with E-state index in [1.807, 2.05) is 12.1 Å². The first kappa shape index (κ1) is 13.5. The minimum Gasteiger partial charge on any atom is -0.376 e. The summed E-state index contributed by atoms with van der Waals surface area (Å²) in [4.78, 5) is 8.66. The molecule has 0 aromatic carbocycles. The molecule has 0 fully saturated rings. The van der Waals surface area contributed by atoms with Crippen molar-refractivity contribution in [1.82, 2.24) is 9.97 Å². The highest BCUT2D eigenvalue weighted by atomic mass is 32.1. The molecule has 98 valence electrons. The molecule has 2 aromatic heterocycles. The van der Waals surface area contributed by atoms with Gasteiger partial charge in [0, 0.05) is 11.3 Å². The number of pyridine rings is 1. The Labute approximate surface area is 117 Å². The van der Waals surface area contributed by atoms with Crippen LogP contribution in [0.15, 0.2) is 23.7 Å². The molecule has 0 aliphatic rings. The van der Waals surface area contributed by atoms with E-state index in [-0.39, 0.29) is 6.04 Å². The van der Waals surface area contributed by atoms with E-state index in [0.29, 0.717) is 11.6 Å². The Morgan fingerprint density at radius 1 is 1.32 bits per heavy atom. The summed E-state index contributed by atoms with van der Waals surface area (Å²) in [5.74, 6) is 0.461. The van der Waals surface area contributed by atoms with Crippen molar-refractivity contribution in [1.29, 1.82) is 5.26 Å². The molecule has 0 saturated heterocycles. The summed E-state index contributed by atoms with van der Waals surface area (Å²) in [6.45, 7) is 6.36. The second kappa shape index (κ2) is 5.81. The fourth-order valence-electron chi connectivity index (χ4n) is 1.63. The fraction of sp³-hybridized carbons (Fsp3) is 0.357. The third-order valence-electron chi connectivity index (χ3n) is 2.74. The predicted molar refractivity (Wildman–Crippen MR) is 77.2 cm³/mol. The van der Waals surface area contributed by atoms with Crippen molar-refractivity contribution >= 4 is 17.0 Å². The molecule has 5 heteroatoms. The zero-order chi connectivity index (χ0) is 13.8. The van der Waals surface area contributed by atoms with Gasteiger partial charge in [-0.15, -0.1) is 11.3 Å². The number of anilines is 1. The standard InChI is InChI=1S/C14H16N4S/c1-9(2)14-18-13(8-19-14)10(3)17-12-5-4-11(6-15)16-7-12/h4-5,7-10,17H,1-3H3. The van der Waals surface area contributed by atoms with Crippen molar-refractivity contribution in [2.24, 2.45) is 0 Å². The quantitative estimate of drug-likeness (QED) is 0.921. The lowest BCUT2D eigenvalue weighted by Gasteiger charge is -2.12. The Bertz CT molecular complexity index is 580. The third-order valence-corrected chi connectivity index (χ3v) is 3.90. The van der Waals surface area contributed by atoms with E-state index in [9.17, 15) is 0 Å². The van der Waals surface area contributed by atoms with Crippen LogP contribution in [0.25, 0.3) is 0 Å². The van der Waals surface area contributed by atoms with Crippen LogP contribution >= 0.6 is 11.3 Å². The largest absolute Gasteiger partial charge is 0.376 e. The summed E-state index contributed by atoms with van der Waals surface area (Å²) < 4.78 is 0. The van der Waals surface area contributed by atoms with Gasteiger partial charge in [-0.2, -0.15) is 5.26 Å². The van der Waals surface area contributed by atoms with E-state index in [1.165, 1.54) is 0 Å². The number of nitrogens with one attached hydrogen (secondary N) is 1. The van der Waals surface area contributed by atoms with Crippen LogP contribution < -0.4 is 5.32 Å². The molecule has 1 atom stereocenters. The first-order valence-corrected chi connectivity index (χ1v) is 7.06. The third kappa shape index (κ3) is 3.30. The van der Waals surface area contributed by atoms with Gasteiger partial charge in [-0.05, 0) is 19.1 Å². The van der Waals surface area contributed by atoms with Crippen LogP contribution in [0.3, 0.4) is 0 Å². The molecule has 0 radical (unpaired) electrons. The van der Waals surface area contributed by atoms with Gasteiger partial charge in [0.2, 0.25) is 0 Å². The average Bonchev–Trinajstić information content (AvgIpc) is 2.89. The van der Waals surface area contributed by atoms with Crippen molar-refractivity contribution in [3.05, 3.63) is 40.1 Å². The van der Waals surface area contributed by atoms with Crippen LogP contribution in [-0.4, -0.2) is 9.97 Å². The maximum absolute atomic E-state index is 8.70. The molecule has 0 aliphatic heterocycles. The molecule has 19 heavy (non-hydrogen) atoms. The van der Waals surface area contributed by atoms with Gasteiger partial charge in [0.25, 0.3) is 0 Å². The first-order valence-electron chi connectivity index (χ1n) is 6.18. The summed E-state index contributed by atoms with van der Waals surface area (Å²) in [6.07, 6.45) is 1.67. The smallest absolute Gasteiger partial charge is 0.140 e. The van der Waals surface area contributed by atoms with E-state index in [4.69, 9.17) is 5.26 Å². The van der Waals surface area contributed by atoms with Crippen molar-refractivity contribution in [2.75, 3.05) is 5.32 Å². The lowest BCUT2D eigenvalue weighted by atomic mass is 10.2. The Balaban J connectivity index is 2.07. The van der Waals surface area contributed by atoms with Crippen LogP contribution in [0.2, 0.25) is 0 Å². The van der Waals surface area contributed by atoms with E-state index in [2.05, 4.69) is 41.4 Å². The fourth-order valence-corrected chi connectivity index (χ4v) is 2.56. The van der Waals surface area contributed by atoms with Gasteiger partial charge in [-0.25, -0.2) is 9.97 Å². The number of thiazole rings is 1. The SMILES string of the molecule is CC(C)c1nc(C(C)Nc2ccc(C#N)nc2)cs1. The Hall–Kier alpha value is -1.93. The van der Waals surface area contributed by atoms with Crippen molar-refractivity contribution in [2.45, 2.75) is 32.7 Å². The first-order chi connectivity index (χ1) is 9.10. The minimum atomic E-state index is 0.124. The maximum atomic E-state index is 8.70. The van der Waals surface area contributed by atoms with Gasteiger partial charge in [0.15, 0.2) is 0 Å². The average molecular weight is 272 g/mol. The highest BCUT2D eigenvalue weighted by Gasteiger charge is 2.11. The molecule has 4 nitrogen and oxygen atoms in total. The number of nitriles is 1. The molecule has 0 saturated carbocycles. The zero-order valence-corrected chi connectivity index (χ0v) is 12.0. The monoisotopic (exact) mass is 272 g/mol. The van der Waals surface area contributed by atoms with Gasteiger partial charge in [0.05, 0.1) is 28.6 Å². The lowest BCUT2D eigenvalue weighted by Crippen LogP contribution is -2.07. The number of rotatable bonds is 4. The number of aromatic nitrogens is 2. The van der Waals surface area contributed by atoms with Crippen LogP contribution in [0.5, 0.6) is 0 Å². The summed E-state index contributed by atoms with van der Waals surface area (Å²) in [5, 5.41) is 15.3. The molecule has 0 bridgehead atoms. The van der Waals surface area contributed by atoms with E-state index >= 15 is 0 Å². The molecule has 0 amide bonds. The lowest BCUT2D eigenvalue weighted by molar-refractivity contribution is 0.801. The van der Waals surface area contributed by atoms with Crippen LogP contribution in [0, 0.1) is 11.3 Å². The van der Waals surface area contributed by atoms with Crippen molar-refractivity contribution < 1.29 is 0 Å². The maximum Gasteiger partial charge on any atom is 0.140 e. The summed E-state index contributed by atoms with van der Waals surface area (Å²) in [6, 6.07) is 5.69. The van der Waals surface area contributed by atoms with E-state index in [0.717, 1.165) is 16.4 Å². The van der Waals surface area contributed by atoms with Crippen LogP contribution in [0.4, 0.5) is 5.69 Å². The number of nitrogens with zero attached hydrogens (tertiary/aromatic N) is 3. The topological polar surface area (TPSA) is 61.6 Å². The Morgan fingerprint density at radius 2 is 2.11 bits per heavy atom. The van der Waals surface area contributed by atoms with Gasteiger partial charge >= 0.3 is 0 Å². The van der Waals surface area contributed by atoms with Gasteiger partial charge in [0.1, 0.15) is 11.8 Å². The van der Waals surface area contributed by atoms with Crippen LogP contribution in [0.1, 0.15) is 49.1 Å². The van der Waals surface area contributed by atoms with E-state index in [1.54, 1.807) is 23.6 Å². The summed E-state index contributed by atoms with van der Waals surface area (Å²) >= 11 is 1.69. The van der Waals surface area contributed by atoms with Crippen LogP contribution in [-0.2, 0) is 0 Å². The van der Waals surface area contributed by atoms with Gasteiger partial charge < -0.3 is 5.32 Å². The molecular weight excluding hydrogens is 256 g/mol. The molecule has 2 aromatic rings. The molecule has 0 spiro atoms. The number of hydrogen-bond acceptors (Lipinski definition) is 5. The number of hydrogen-bond donors (Lipinski definition) is 1. The highest BCUT2D eigenvalue weighted by Crippen LogP contribution is 2.24. The predicted octanol–water partition coefficient (Wildman–Crippen LogP) is 3.71. The molecule has 2 heterocycles. The minimum absolute atomic E-state index is 0.124. The van der Waals surface area contributed by atoms with E-state index < -0.39 is 0 Å². The molecule has 0 aliphatic carbocycles. The Kier molecular flexibility index (Phi) is 4.13. The normalized spacial score (nSPS) is 12.2. The molecule has 2 rings (SSSR count). The second-order valence-corrected chi connectivity index (χ2v) is 5.56.